The first kappa shape index (κ1) is 15.8. The molecule has 128 valence electrons. The standard InChI is InChI=1S/C21H22N2O2/c24-21(23-12-6-1-2-7-13-23)20-15-16-14-18(10-11-19(16)22-20)25-17-8-4-3-5-9-17/h3-5,8-11,14-15,22H,1-2,6-7,12-13H2. The van der Waals surface area contributed by atoms with Gasteiger partial charge in [-0.25, -0.2) is 0 Å². The van der Waals surface area contributed by atoms with E-state index in [0.29, 0.717) is 5.69 Å². The van der Waals surface area contributed by atoms with E-state index in [1.54, 1.807) is 0 Å². The molecule has 4 nitrogen and oxygen atoms in total. The third-order valence-electron chi connectivity index (χ3n) is 4.69. The van der Waals surface area contributed by atoms with Crippen LogP contribution in [0.5, 0.6) is 11.5 Å². The van der Waals surface area contributed by atoms with Gasteiger partial charge >= 0.3 is 0 Å². The molecule has 1 fully saturated rings. The molecule has 0 atom stereocenters. The summed E-state index contributed by atoms with van der Waals surface area (Å²) in [6.07, 6.45) is 4.63. The summed E-state index contributed by atoms with van der Waals surface area (Å²) < 4.78 is 5.88. The molecule has 1 aromatic heterocycles. The number of amides is 1. The molecule has 3 aromatic rings. The second kappa shape index (κ2) is 7.01. The Morgan fingerprint density at radius 3 is 2.40 bits per heavy atom. The van der Waals surface area contributed by atoms with Gasteiger partial charge in [0, 0.05) is 24.0 Å². The summed E-state index contributed by atoms with van der Waals surface area (Å²) in [5.74, 6) is 1.67. The van der Waals surface area contributed by atoms with Crippen molar-refractivity contribution < 1.29 is 9.53 Å². The average Bonchev–Trinajstić information content (AvgIpc) is 2.87. The summed E-state index contributed by atoms with van der Waals surface area (Å²) in [6, 6.07) is 17.5. The van der Waals surface area contributed by atoms with E-state index in [2.05, 4.69) is 4.98 Å². The van der Waals surface area contributed by atoms with Gasteiger partial charge in [-0.05, 0) is 49.2 Å². The smallest absolute Gasteiger partial charge is 0.270 e. The number of carbonyl (C=O) groups excluding carboxylic acids is 1. The summed E-state index contributed by atoms with van der Waals surface area (Å²) in [5.41, 5.74) is 1.62. The van der Waals surface area contributed by atoms with Crippen LogP contribution in [0.3, 0.4) is 0 Å². The number of carbonyl (C=O) groups is 1. The highest BCUT2D eigenvalue weighted by Gasteiger charge is 2.19. The van der Waals surface area contributed by atoms with E-state index in [-0.39, 0.29) is 5.91 Å². The van der Waals surface area contributed by atoms with E-state index in [0.717, 1.165) is 48.3 Å². The molecule has 0 spiro atoms. The van der Waals surface area contributed by atoms with Crippen molar-refractivity contribution in [2.24, 2.45) is 0 Å². The quantitative estimate of drug-likeness (QED) is 0.734. The monoisotopic (exact) mass is 334 g/mol. The van der Waals surface area contributed by atoms with Crippen LogP contribution in [0.15, 0.2) is 54.6 Å². The van der Waals surface area contributed by atoms with Crippen molar-refractivity contribution in [3.05, 3.63) is 60.3 Å². The maximum Gasteiger partial charge on any atom is 0.270 e. The Hall–Kier alpha value is -2.75. The number of para-hydroxylation sites is 1. The van der Waals surface area contributed by atoms with Crippen molar-refractivity contribution in [2.45, 2.75) is 25.7 Å². The molecule has 1 N–H and O–H groups in total. The summed E-state index contributed by atoms with van der Waals surface area (Å²) in [5, 5.41) is 0.992. The fourth-order valence-electron chi connectivity index (χ4n) is 3.36. The van der Waals surface area contributed by atoms with Crippen LogP contribution in [0.1, 0.15) is 36.2 Å². The topological polar surface area (TPSA) is 45.3 Å². The first-order valence-electron chi connectivity index (χ1n) is 8.94. The maximum absolute atomic E-state index is 12.8. The van der Waals surface area contributed by atoms with Gasteiger partial charge in [0.2, 0.25) is 0 Å². The van der Waals surface area contributed by atoms with E-state index in [9.17, 15) is 4.79 Å². The van der Waals surface area contributed by atoms with Gasteiger partial charge in [0.15, 0.2) is 0 Å². The number of nitrogens with one attached hydrogen (secondary N) is 1. The number of rotatable bonds is 3. The minimum Gasteiger partial charge on any atom is -0.457 e. The molecule has 0 saturated carbocycles. The zero-order valence-corrected chi connectivity index (χ0v) is 14.2. The van der Waals surface area contributed by atoms with Crippen molar-refractivity contribution >= 4 is 16.8 Å². The van der Waals surface area contributed by atoms with Crippen LogP contribution in [0.2, 0.25) is 0 Å². The Balaban J connectivity index is 1.56. The molecule has 0 unspecified atom stereocenters. The number of likely N-dealkylation sites (tertiary alicyclic amines) is 1. The molecule has 4 rings (SSSR count). The van der Waals surface area contributed by atoms with Crippen LogP contribution in [-0.4, -0.2) is 28.9 Å². The normalized spacial score (nSPS) is 15.1. The van der Waals surface area contributed by atoms with Gasteiger partial charge in [-0.1, -0.05) is 31.0 Å². The number of benzene rings is 2. The summed E-state index contributed by atoms with van der Waals surface area (Å²) >= 11 is 0. The molecule has 0 bridgehead atoms. The predicted octanol–water partition coefficient (Wildman–Crippen LogP) is 4.98. The van der Waals surface area contributed by atoms with E-state index in [4.69, 9.17) is 4.74 Å². The van der Waals surface area contributed by atoms with Gasteiger partial charge in [0.05, 0.1) is 0 Å². The minimum absolute atomic E-state index is 0.101. The molecule has 1 aliphatic rings. The molecule has 2 heterocycles. The number of hydrogen-bond donors (Lipinski definition) is 1. The second-order valence-corrected chi connectivity index (χ2v) is 6.55. The highest BCUT2D eigenvalue weighted by Crippen LogP contribution is 2.26. The molecule has 1 saturated heterocycles. The Kier molecular flexibility index (Phi) is 4.42. The van der Waals surface area contributed by atoms with Crippen LogP contribution in [0.4, 0.5) is 0 Å². The van der Waals surface area contributed by atoms with E-state index in [1.807, 2.05) is 59.5 Å². The van der Waals surface area contributed by atoms with E-state index in [1.165, 1.54) is 12.8 Å². The fourth-order valence-corrected chi connectivity index (χ4v) is 3.36. The SMILES string of the molecule is O=C(c1cc2cc(Oc3ccccc3)ccc2[nH]1)N1CCCCCC1. The number of hydrogen-bond acceptors (Lipinski definition) is 2. The molecule has 2 aromatic carbocycles. The maximum atomic E-state index is 12.8. The molecule has 0 aliphatic carbocycles. The van der Waals surface area contributed by atoms with Crippen molar-refractivity contribution in [2.75, 3.05) is 13.1 Å². The second-order valence-electron chi connectivity index (χ2n) is 6.55. The summed E-state index contributed by atoms with van der Waals surface area (Å²) in [4.78, 5) is 18.0. The lowest BCUT2D eigenvalue weighted by Gasteiger charge is -2.19. The van der Waals surface area contributed by atoms with Crippen LogP contribution in [-0.2, 0) is 0 Å². The van der Waals surface area contributed by atoms with Crippen LogP contribution in [0.25, 0.3) is 10.9 Å². The summed E-state index contributed by atoms with van der Waals surface area (Å²) in [7, 11) is 0. The van der Waals surface area contributed by atoms with Crippen LogP contribution >= 0.6 is 0 Å². The first-order valence-corrected chi connectivity index (χ1v) is 8.94. The minimum atomic E-state index is 0.101. The molecular weight excluding hydrogens is 312 g/mol. The molecular formula is C21H22N2O2. The Bertz CT molecular complexity index is 862. The third kappa shape index (κ3) is 3.53. The van der Waals surface area contributed by atoms with Crippen molar-refractivity contribution in [1.82, 2.24) is 9.88 Å². The van der Waals surface area contributed by atoms with E-state index < -0.39 is 0 Å². The van der Waals surface area contributed by atoms with Crippen LogP contribution in [0, 0.1) is 0 Å². The Labute approximate surface area is 147 Å². The zero-order chi connectivity index (χ0) is 17.1. The number of aromatic amines is 1. The lowest BCUT2D eigenvalue weighted by atomic mass is 10.2. The first-order chi connectivity index (χ1) is 12.3. The van der Waals surface area contributed by atoms with Crippen molar-refractivity contribution in [1.29, 1.82) is 0 Å². The highest BCUT2D eigenvalue weighted by atomic mass is 16.5. The number of nitrogens with zero attached hydrogens (tertiary/aromatic N) is 1. The number of H-pyrrole nitrogens is 1. The predicted molar refractivity (Wildman–Crippen MR) is 99.2 cm³/mol. The molecule has 25 heavy (non-hydrogen) atoms. The number of fused-ring (bicyclic) bond motifs is 1. The van der Waals surface area contributed by atoms with Gasteiger partial charge in [0.25, 0.3) is 5.91 Å². The van der Waals surface area contributed by atoms with Gasteiger partial charge in [0.1, 0.15) is 17.2 Å². The highest BCUT2D eigenvalue weighted by molar-refractivity contribution is 5.98. The molecule has 1 amide bonds. The Morgan fingerprint density at radius 2 is 1.64 bits per heavy atom. The van der Waals surface area contributed by atoms with Crippen LogP contribution < -0.4 is 4.74 Å². The summed E-state index contributed by atoms with van der Waals surface area (Å²) in [6.45, 7) is 1.72. The van der Waals surface area contributed by atoms with Gasteiger partial charge in [-0.2, -0.15) is 0 Å². The van der Waals surface area contributed by atoms with E-state index >= 15 is 0 Å². The van der Waals surface area contributed by atoms with Crippen molar-refractivity contribution in [3.8, 4) is 11.5 Å². The molecule has 4 heteroatoms. The molecule has 0 radical (unpaired) electrons. The average molecular weight is 334 g/mol. The lowest BCUT2D eigenvalue weighted by molar-refractivity contribution is 0.0756. The molecule has 1 aliphatic heterocycles. The zero-order valence-electron chi connectivity index (χ0n) is 14.2. The van der Waals surface area contributed by atoms with Gasteiger partial charge < -0.3 is 14.6 Å². The van der Waals surface area contributed by atoms with Gasteiger partial charge in [-0.15, -0.1) is 0 Å². The Morgan fingerprint density at radius 1 is 0.880 bits per heavy atom. The third-order valence-corrected chi connectivity index (χ3v) is 4.69. The lowest BCUT2D eigenvalue weighted by Crippen LogP contribution is -2.32. The fraction of sp³-hybridized carbons (Fsp3) is 0.286. The van der Waals surface area contributed by atoms with Crippen molar-refractivity contribution in [3.63, 3.8) is 0 Å². The largest absolute Gasteiger partial charge is 0.457 e. The number of aromatic nitrogens is 1. The van der Waals surface area contributed by atoms with Gasteiger partial charge in [-0.3, -0.25) is 4.79 Å². The number of ether oxygens (including phenoxy) is 1.